The van der Waals surface area contributed by atoms with Crippen LogP contribution in [0.2, 0.25) is 0 Å². The van der Waals surface area contributed by atoms with E-state index in [1.54, 1.807) is 0 Å². The van der Waals surface area contributed by atoms with Crippen LogP contribution in [0, 0.1) is 12.0 Å². The number of allylic oxidation sites excluding steroid dienone is 3. The van der Waals surface area contributed by atoms with Gasteiger partial charge in [-0.1, -0.05) is 6.08 Å². The molecule has 0 fully saturated rings. The van der Waals surface area contributed by atoms with Crippen molar-refractivity contribution in [3.8, 4) is 6.07 Å². The van der Waals surface area contributed by atoms with Crippen LogP contribution in [0.4, 0.5) is 0 Å². The number of hydrogen-bond acceptors (Lipinski definition) is 2. The summed E-state index contributed by atoms with van der Waals surface area (Å²) in [5, 5.41) is 11.6. The molecule has 1 unspecified atom stereocenters. The highest BCUT2D eigenvalue weighted by Crippen LogP contribution is 2.10. The van der Waals surface area contributed by atoms with Crippen LogP contribution in [0.1, 0.15) is 13.8 Å². The molecule has 0 bridgehead atoms. The normalized spacial score (nSPS) is 20.7. The monoisotopic (exact) mass is 179 g/mol. The summed E-state index contributed by atoms with van der Waals surface area (Å²) in [7, 11) is 0. The Hall–Kier alpha value is -1.27. The third kappa shape index (κ3) is 3.30. The average molecular weight is 179 g/mol. The minimum Gasteiger partial charge on any atom is -0.392 e. The lowest BCUT2D eigenvalue weighted by molar-refractivity contribution is 0.297. The van der Waals surface area contributed by atoms with Crippen LogP contribution < -0.4 is 5.32 Å². The molecule has 0 amide bonds. The van der Waals surface area contributed by atoms with Crippen molar-refractivity contribution in [1.82, 2.24) is 5.32 Å². The van der Waals surface area contributed by atoms with Gasteiger partial charge in [0.15, 0.2) is 6.07 Å². The van der Waals surface area contributed by atoms with E-state index < -0.39 is 0 Å². The summed E-state index contributed by atoms with van der Waals surface area (Å²) in [6, 6.07) is 2.97. The molecule has 1 heterocycles. The number of nitrogens with zero attached hydrogens (tertiary/aromatic N) is 1. The van der Waals surface area contributed by atoms with E-state index in [9.17, 15) is 0 Å². The third-order valence-corrected chi connectivity index (χ3v) is 1.68. The molecule has 0 aromatic carbocycles. The fourth-order valence-corrected chi connectivity index (χ4v) is 1.17. The van der Waals surface area contributed by atoms with Gasteiger partial charge in [-0.25, -0.2) is 0 Å². The molecule has 3 heteroatoms. The fourth-order valence-electron chi connectivity index (χ4n) is 1.17. The summed E-state index contributed by atoms with van der Waals surface area (Å²) in [5.41, 5.74) is 1.17. The van der Waals surface area contributed by atoms with Gasteiger partial charge in [0.2, 0.25) is 0 Å². The zero-order valence-corrected chi connectivity index (χ0v) is 8.04. The maximum atomic E-state index is 8.62. The minimum atomic E-state index is 0.116. The van der Waals surface area contributed by atoms with Gasteiger partial charge in [-0.3, -0.25) is 5.32 Å². The first-order chi connectivity index (χ1) is 6.22. The molecule has 1 atom stereocenters. The SMILES string of the molecule is CC1=CC(C)C#[N+]C(NCCO)=C1. The molecule has 1 aliphatic heterocycles. The van der Waals surface area contributed by atoms with Crippen molar-refractivity contribution in [3.63, 3.8) is 0 Å². The quantitative estimate of drug-likeness (QED) is 0.686. The van der Waals surface area contributed by atoms with Gasteiger partial charge in [0.1, 0.15) is 6.54 Å². The number of nitrogens with one attached hydrogen (secondary N) is 1. The van der Waals surface area contributed by atoms with E-state index in [-0.39, 0.29) is 12.5 Å². The van der Waals surface area contributed by atoms with Crippen molar-refractivity contribution < 1.29 is 5.11 Å². The van der Waals surface area contributed by atoms with E-state index in [0.29, 0.717) is 6.54 Å². The lowest BCUT2D eigenvalue weighted by atomic mass is 10.1. The molecule has 2 N–H and O–H groups in total. The first-order valence-corrected chi connectivity index (χ1v) is 4.43. The summed E-state index contributed by atoms with van der Waals surface area (Å²) in [4.78, 5) is 4.13. The van der Waals surface area contributed by atoms with E-state index in [4.69, 9.17) is 5.11 Å². The van der Waals surface area contributed by atoms with Gasteiger partial charge in [0, 0.05) is 6.08 Å². The Morgan fingerprint density at radius 3 is 3.15 bits per heavy atom. The lowest BCUT2D eigenvalue weighted by Crippen LogP contribution is -2.15. The van der Waals surface area contributed by atoms with E-state index in [1.165, 1.54) is 5.57 Å². The molecule has 13 heavy (non-hydrogen) atoms. The van der Waals surface area contributed by atoms with Crippen LogP contribution in [-0.4, -0.2) is 18.3 Å². The maximum Gasteiger partial charge on any atom is 0.378 e. The Morgan fingerprint density at radius 2 is 2.46 bits per heavy atom. The Balaban J connectivity index is 2.68. The number of aliphatic hydroxyl groups excluding tert-OH is 1. The summed E-state index contributed by atoms with van der Waals surface area (Å²) in [5.74, 6) is 1.02. The van der Waals surface area contributed by atoms with Gasteiger partial charge >= 0.3 is 5.82 Å². The van der Waals surface area contributed by atoms with Crippen LogP contribution >= 0.6 is 0 Å². The largest absolute Gasteiger partial charge is 0.392 e. The van der Waals surface area contributed by atoms with Crippen LogP contribution in [-0.2, 0) is 0 Å². The molecule has 0 aliphatic carbocycles. The second-order valence-electron chi connectivity index (χ2n) is 3.12. The van der Waals surface area contributed by atoms with Crippen molar-refractivity contribution in [1.29, 1.82) is 0 Å². The van der Waals surface area contributed by atoms with E-state index in [0.717, 1.165) is 5.82 Å². The maximum absolute atomic E-state index is 8.62. The highest BCUT2D eigenvalue weighted by molar-refractivity contribution is 5.31. The molecule has 0 spiro atoms. The van der Waals surface area contributed by atoms with Gasteiger partial charge in [0.25, 0.3) is 0 Å². The highest BCUT2D eigenvalue weighted by Gasteiger charge is 2.08. The summed E-state index contributed by atoms with van der Waals surface area (Å²) in [6.45, 7) is 4.71. The van der Waals surface area contributed by atoms with Crippen molar-refractivity contribution in [2.24, 2.45) is 5.92 Å². The Bertz CT molecular complexity index is 294. The molecule has 70 valence electrons. The van der Waals surface area contributed by atoms with Gasteiger partial charge in [-0.2, -0.15) is 4.85 Å². The standard InChI is InChI=1S/C10H15N2O/c1-8-5-9(2)7-12-10(6-8)11-3-4-13/h5-6,9,11,13H,3-4H2,1-2H3/q+1. The van der Waals surface area contributed by atoms with Crippen molar-refractivity contribution in [2.75, 3.05) is 13.2 Å². The van der Waals surface area contributed by atoms with E-state index in [1.807, 2.05) is 19.9 Å². The predicted octanol–water partition coefficient (Wildman–Crippen LogP) is 1.34. The van der Waals surface area contributed by atoms with Crippen LogP contribution in [0.5, 0.6) is 0 Å². The Labute approximate surface area is 78.6 Å². The zero-order chi connectivity index (χ0) is 9.68. The minimum absolute atomic E-state index is 0.116. The predicted molar refractivity (Wildman–Crippen MR) is 53.3 cm³/mol. The summed E-state index contributed by atoms with van der Waals surface area (Å²) in [6.07, 6.45) is 4.04. The highest BCUT2D eigenvalue weighted by atomic mass is 16.3. The summed E-state index contributed by atoms with van der Waals surface area (Å²) >= 11 is 0. The molecule has 0 saturated heterocycles. The second kappa shape index (κ2) is 4.68. The Kier molecular flexibility index (Phi) is 3.53. The van der Waals surface area contributed by atoms with Gasteiger partial charge in [-0.05, 0) is 19.4 Å². The van der Waals surface area contributed by atoms with Gasteiger partial charge in [-0.15, -0.1) is 0 Å². The molecule has 1 rings (SSSR count). The second-order valence-corrected chi connectivity index (χ2v) is 3.12. The molecule has 0 radical (unpaired) electrons. The smallest absolute Gasteiger partial charge is 0.378 e. The number of hydrogen-bond donors (Lipinski definition) is 2. The molecular weight excluding hydrogens is 164 g/mol. The summed E-state index contributed by atoms with van der Waals surface area (Å²) < 4.78 is 0. The van der Waals surface area contributed by atoms with E-state index in [2.05, 4.69) is 22.3 Å². The number of aliphatic hydroxyl groups is 1. The molecule has 0 saturated carbocycles. The van der Waals surface area contributed by atoms with Crippen LogP contribution in [0.15, 0.2) is 23.5 Å². The topological polar surface area (TPSA) is 36.6 Å². The van der Waals surface area contributed by atoms with Crippen LogP contribution in [0.3, 0.4) is 0 Å². The number of rotatable bonds is 3. The van der Waals surface area contributed by atoms with Crippen molar-refractivity contribution in [3.05, 3.63) is 28.4 Å². The van der Waals surface area contributed by atoms with Gasteiger partial charge in [0.05, 0.1) is 12.5 Å². The lowest BCUT2D eigenvalue weighted by Gasteiger charge is -1.91. The van der Waals surface area contributed by atoms with E-state index >= 15 is 0 Å². The molecule has 3 nitrogen and oxygen atoms in total. The van der Waals surface area contributed by atoms with Crippen molar-refractivity contribution in [2.45, 2.75) is 13.8 Å². The average Bonchev–Trinajstić information content (AvgIpc) is 2.23. The molecule has 0 aromatic heterocycles. The van der Waals surface area contributed by atoms with Crippen molar-refractivity contribution >= 4 is 0 Å². The fraction of sp³-hybridized carbons (Fsp3) is 0.500. The van der Waals surface area contributed by atoms with Gasteiger partial charge < -0.3 is 5.11 Å². The first-order valence-electron chi connectivity index (χ1n) is 4.43. The Morgan fingerprint density at radius 1 is 1.69 bits per heavy atom. The molecular formula is C10H15N2O+. The van der Waals surface area contributed by atoms with Crippen LogP contribution in [0.25, 0.3) is 4.85 Å². The molecule has 0 aromatic rings. The zero-order valence-electron chi connectivity index (χ0n) is 8.04. The first kappa shape index (κ1) is 9.82. The third-order valence-electron chi connectivity index (χ3n) is 1.68. The molecule has 1 aliphatic rings.